The lowest BCUT2D eigenvalue weighted by molar-refractivity contribution is -0.133. The molecule has 1 unspecified atom stereocenters. The van der Waals surface area contributed by atoms with Gasteiger partial charge in [-0.3, -0.25) is 14.5 Å². The molecule has 1 N–H and O–H groups in total. The number of hydrogen-bond donors (Lipinski definition) is 1. The number of rotatable bonds is 4. The summed E-state index contributed by atoms with van der Waals surface area (Å²) in [5, 5.41) is 3.03. The van der Waals surface area contributed by atoms with Gasteiger partial charge in [0.2, 0.25) is 21.8 Å². The van der Waals surface area contributed by atoms with Crippen LogP contribution in [0.3, 0.4) is 0 Å². The van der Waals surface area contributed by atoms with Crippen molar-refractivity contribution in [1.82, 2.24) is 9.62 Å². The lowest BCUT2D eigenvalue weighted by Gasteiger charge is -2.46. The molecule has 1 atom stereocenters. The van der Waals surface area contributed by atoms with Crippen molar-refractivity contribution >= 4 is 27.5 Å². The number of carbonyl (C=O) groups excluding carboxylic acids is 2. The fourth-order valence-corrected chi connectivity index (χ4v) is 5.01. The molecule has 0 bridgehead atoms. The summed E-state index contributed by atoms with van der Waals surface area (Å²) in [5.41, 5.74) is -1.25. The minimum atomic E-state index is -3.68. The molecular weight excluding hydrogens is 397 g/mol. The third-order valence-corrected chi connectivity index (χ3v) is 6.95. The summed E-state index contributed by atoms with van der Waals surface area (Å²) < 4.78 is 39.1. The molecule has 160 valence electrons. The standard InChI is InChI=1S/C20H28FN3O4S/c1-20(19(26)22-16-9-5-3-4-6-10-16)14-23(29(2,27)28)13-18(25)24(20)17-11-7-8-15(21)12-17/h7-8,11-12,16H,3-6,9-10,13-14H2,1-2H3,(H,22,26). The van der Waals surface area contributed by atoms with Gasteiger partial charge in [0.25, 0.3) is 0 Å². The minimum Gasteiger partial charge on any atom is -0.351 e. The number of hydrogen-bond acceptors (Lipinski definition) is 4. The molecule has 2 amide bonds. The Kier molecular flexibility index (Phi) is 6.28. The highest BCUT2D eigenvalue weighted by Crippen LogP contribution is 2.31. The maximum Gasteiger partial charge on any atom is 0.247 e. The van der Waals surface area contributed by atoms with Crippen LogP contribution in [-0.2, 0) is 19.6 Å². The molecule has 0 radical (unpaired) electrons. The number of halogens is 1. The Bertz CT molecular complexity index is 883. The Morgan fingerprint density at radius 3 is 2.45 bits per heavy atom. The van der Waals surface area contributed by atoms with Crippen LogP contribution in [0.4, 0.5) is 10.1 Å². The van der Waals surface area contributed by atoms with Crippen molar-refractivity contribution in [3.63, 3.8) is 0 Å². The van der Waals surface area contributed by atoms with Crippen LogP contribution in [0.15, 0.2) is 24.3 Å². The summed E-state index contributed by atoms with van der Waals surface area (Å²) in [7, 11) is -3.68. The first-order valence-electron chi connectivity index (χ1n) is 9.96. The molecule has 7 nitrogen and oxygen atoms in total. The second-order valence-corrected chi connectivity index (χ2v) is 10.2. The van der Waals surface area contributed by atoms with E-state index < -0.39 is 33.2 Å². The quantitative estimate of drug-likeness (QED) is 0.748. The van der Waals surface area contributed by atoms with E-state index in [-0.39, 0.29) is 24.8 Å². The van der Waals surface area contributed by atoms with Crippen molar-refractivity contribution < 1.29 is 22.4 Å². The molecular formula is C20H28FN3O4S. The highest BCUT2D eigenvalue weighted by Gasteiger charge is 2.50. The van der Waals surface area contributed by atoms with Crippen LogP contribution in [0, 0.1) is 5.82 Å². The number of anilines is 1. The monoisotopic (exact) mass is 425 g/mol. The zero-order valence-corrected chi connectivity index (χ0v) is 17.7. The Labute approximate surface area is 171 Å². The van der Waals surface area contributed by atoms with E-state index in [4.69, 9.17) is 0 Å². The van der Waals surface area contributed by atoms with Crippen LogP contribution in [-0.4, -0.2) is 55.5 Å². The zero-order chi connectivity index (χ0) is 21.2. The van der Waals surface area contributed by atoms with E-state index in [0.29, 0.717) is 0 Å². The summed E-state index contributed by atoms with van der Waals surface area (Å²) in [6.07, 6.45) is 7.00. The molecule has 29 heavy (non-hydrogen) atoms. The predicted molar refractivity (Wildman–Crippen MR) is 108 cm³/mol. The maximum absolute atomic E-state index is 13.8. The van der Waals surface area contributed by atoms with Gasteiger partial charge in [-0.1, -0.05) is 31.7 Å². The molecule has 1 aliphatic heterocycles. The first-order valence-corrected chi connectivity index (χ1v) is 11.8. The zero-order valence-electron chi connectivity index (χ0n) is 16.9. The van der Waals surface area contributed by atoms with Gasteiger partial charge in [0.1, 0.15) is 11.4 Å². The van der Waals surface area contributed by atoms with Crippen molar-refractivity contribution in [3.8, 4) is 0 Å². The van der Waals surface area contributed by atoms with Gasteiger partial charge < -0.3 is 5.32 Å². The molecule has 1 aromatic rings. The second kappa shape index (κ2) is 8.39. The van der Waals surface area contributed by atoms with Crippen LogP contribution >= 0.6 is 0 Å². The smallest absolute Gasteiger partial charge is 0.247 e. The number of nitrogens with one attached hydrogen (secondary N) is 1. The Morgan fingerprint density at radius 2 is 1.86 bits per heavy atom. The van der Waals surface area contributed by atoms with Gasteiger partial charge in [-0.15, -0.1) is 0 Å². The van der Waals surface area contributed by atoms with E-state index in [1.54, 1.807) is 13.0 Å². The molecule has 3 rings (SSSR count). The summed E-state index contributed by atoms with van der Waals surface area (Å²) in [6, 6.07) is 5.44. The largest absolute Gasteiger partial charge is 0.351 e. The summed E-state index contributed by atoms with van der Waals surface area (Å²) in [6.45, 7) is 0.966. The van der Waals surface area contributed by atoms with Crippen LogP contribution in [0.1, 0.15) is 45.4 Å². The molecule has 2 aliphatic rings. The molecule has 0 spiro atoms. The topological polar surface area (TPSA) is 86.8 Å². The summed E-state index contributed by atoms with van der Waals surface area (Å²) >= 11 is 0. The second-order valence-electron chi connectivity index (χ2n) is 8.18. The van der Waals surface area contributed by atoms with E-state index >= 15 is 0 Å². The molecule has 9 heteroatoms. The van der Waals surface area contributed by atoms with Crippen molar-refractivity contribution in [2.45, 2.75) is 57.0 Å². The Hall–Kier alpha value is -2.00. The number of benzene rings is 1. The average Bonchev–Trinajstić information content (AvgIpc) is 2.89. The maximum atomic E-state index is 13.8. The third kappa shape index (κ3) is 4.78. The van der Waals surface area contributed by atoms with Crippen molar-refractivity contribution in [1.29, 1.82) is 0 Å². The fraction of sp³-hybridized carbons (Fsp3) is 0.600. The van der Waals surface area contributed by atoms with E-state index in [2.05, 4.69) is 5.32 Å². The van der Waals surface area contributed by atoms with Crippen LogP contribution < -0.4 is 10.2 Å². The molecule has 2 fully saturated rings. The van der Waals surface area contributed by atoms with Gasteiger partial charge in [0, 0.05) is 18.3 Å². The summed E-state index contributed by atoms with van der Waals surface area (Å²) in [4.78, 5) is 27.6. The van der Waals surface area contributed by atoms with E-state index in [0.717, 1.165) is 49.1 Å². The van der Waals surface area contributed by atoms with Crippen LogP contribution in [0.2, 0.25) is 0 Å². The number of nitrogens with zero attached hydrogens (tertiary/aromatic N) is 2. The van der Waals surface area contributed by atoms with Crippen LogP contribution in [0.5, 0.6) is 0 Å². The van der Waals surface area contributed by atoms with Gasteiger partial charge in [-0.05, 0) is 38.0 Å². The van der Waals surface area contributed by atoms with Gasteiger partial charge in [-0.25, -0.2) is 12.8 Å². The predicted octanol–water partition coefficient (Wildman–Crippen LogP) is 2.03. The van der Waals surface area contributed by atoms with E-state index in [9.17, 15) is 22.4 Å². The molecule has 1 saturated carbocycles. The fourth-order valence-electron chi connectivity index (χ4n) is 4.18. The van der Waals surface area contributed by atoms with Crippen molar-refractivity contribution in [3.05, 3.63) is 30.1 Å². The van der Waals surface area contributed by atoms with Crippen molar-refractivity contribution in [2.24, 2.45) is 0 Å². The third-order valence-electron chi connectivity index (χ3n) is 5.75. The molecule has 1 aromatic carbocycles. The average molecular weight is 426 g/mol. The highest BCUT2D eigenvalue weighted by atomic mass is 32.2. The van der Waals surface area contributed by atoms with Crippen LogP contribution in [0.25, 0.3) is 0 Å². The van der Waals surface area contributed by atoms with Crippen molar-refractivity contribution in [2.75, 3.05) is 24.2 Å². The number of carbonyl (C=O) groups is 2. The first kappa shape index (κ1) is 21.7. The molecule has 1 saturated heterocycles. The van der Waals surface area contributed by atoms with Gasteiger partial charge >= 0.3 is 0 Å². The van der Waals surface area contributed by atoms with Gasteiger partial charge in [0.05, 0.1) is 12.8 Å². The first-order chi connectivity index (χ1) is 13.6. The van der Waals surface area contributed by atoms with E-state index in [1.807, 2.05) is 0 Å². The minimum absolute atomic E-state index is 0.0140. The normalized spacial score (nSPS) is 24.9. The Balaban J connectivity index is 1.96. The number of piperazine rings is 1. The lowest BCUT2D eigenvalue weighted by Crippen LogP contribution is -2.70. The number of sulfonamides is 1. The molecule has 1 aliphatic carbocycles. The van der Waals surface area contributed by atoms with Gasteiger partial charge in [-0.2, -0.15) is 4.31 Å². The summed E-state index contributed by atoms with van der Waals surface area (Å²) in [5.74, 6) is -1.52. The van der Waals surface area contributed by atoms with Gasteiger partial charge in [0.15, 0.2) is 0 Å². The molecule has 0 aromatic heterocycles. The molecule has 1 heterocycles. The highest BCUT2D eigenvalue weighted by molar-refractivity contribution is 7.88. The van der Waals surface area contributed by atoms with E-state index in [1.165, 1.54) is 23.1 Å². The Morgan fingerprint density at radius 1 is 1.21 bits per heavy atom. The number of amides is 2. The lowest BCUT2D eigenvalue weighted by atomic mass is 9.93. The SMILES string of the molecule is CC1(C(=O)NC2CCCCCC2)CN(S(C)(=O)=O)CC(=O)N1c1cccc(F)c1.